The Labute approximate surface area is 179 Å². The Kier molecular flexibility index (Phi) is 5.03. The van der Waals surface area contributed by atoms with Gasteiger partial charge in [-0.3, -0.25) is 14.0 Å². The molecular formula is C24H24N4O3. The van der Waals surface area contributed by atoms with Gasteiger partial charge in [0, 0.05) is 25.9 Å². The van der Waals surface area contributed by atoms with E-state index in [1.165, 1.54) is 0 Å². The first kappa shape index (κ1) is 19.5. The first-order chi connectivity index (χ1) is 15.1. The highest BCUT2D eigenvalue weighted by Crippen LogP contribution is 2.20. The van der Waals surface area contributed by atoms with Crippen LogP contribution in [0.2, 0.25) is 0 Å². The molecule has 4 heterocycles. The van der Waals surface area contributed by atoms with E-state index in [2.05, 4.69) is 5.32 Å². The number of nitrogens with one attached hydrogen (secondary N) is 1. The highest BCUT2D eigenvalue weighted by Gasteiger charge is 2.22. The lowest BCUT2D eigenvalue weighted by Crippen LogP contribution is -2.33. The molecule has 158 valence electrons. The summed E-state index contributed by atoms with van der Waals surface area (Å²) in [6.07, 6.45) is 3.72. The van der Waals surface area contributed by atoms with Crippen LogP contribution in [-0.2, 0) is 11.3 Å². The first-order valence-electron chi connectivity index (χ1n) is 10.6. The summed E-state index contributed by atoms with van der Waals surface area (Å²) in [4.78, 5) is 31.1. The number of hydrogen-bond acceptors (Lipinski definition) is 4. The molecule has 5 rings (SSSR count). The molecule has 1 aliphatic heterocycles. The van der Waals surface area contributed by atoms with E-state index in [4.69, 9.17) is 9.72 Å². The fraction of sp³-hybridized carbons (Fsp3) is 0.292. The normalized spacial score (nSPS) is 16.2. The van der Waals surface area contributed by atoms with Crippen LogP contribution in [0.25, 0.3) is 16.7 Å². The topological polar surface area (TPSA) is 77.6 Å². The van der Waals surface area contributed by atoms with Gasteiger partial charge in [-0.2, -0.15) is 0 Å². The van der Waals surface area contributed by atoms with Crippen LogP contribution in [0.5, 0.6) is 0 Å². The molecule has 7 heteroatoms. The zero-order valence-electron chi connectivity index (χ0n) is 17.4. The molecule has 1 amide bonds. The minimum atomic E-state index is -0.227. The number of rotatable bonds is 5. The van der Waals surface area contributed by atoms with Crippen molar-refractivity contribution < 1.29 is 9.53 Å². The summed E-state index contributed by atoms with van der Waals surface area (Å²) >= 11 is 0. The second-order valence-corrected chi connectivity index (χ2v) is 7.99. The lowest BCUT2D eigenvalue weighted by molar-refractivity contribution is 0.0851. The highest BCUT2D eigenvalue weighted by atomic mass is 16.5. The van der Waals surface area contributed by atoms with Gasteiger partial charge in [0.25, 0.3) is 11.5 Å². The third kappa shape index (κ3) is 3.61. The molecule has 0 radical (unpaired) electrons. The summed E-state index contributed by atoms with van der Waals surface area (Å²) in [6, 6.07) is 15.3. The Morgan fingerprint density at radius 2 is 2.03 bits per heavy atom. The summed E-state index contributed by atoms with van der Waals surface area (Å²) in [7, 11) is 0. The van der Waals surface area contributed by atoms with Crippen molar-refractivity contribution >= 4 is 22.6 Å². The van der Waals surface area contributed by atoms with E-state index in [1.54, 1.807) is 16.7 Å². The van der Waals surface area contributed by atoms with Crippen molar-refractivity contribution in [1.29, 1.82) is 0 Å². The molecule has 1 N–H and O–H groups in total. The quantitative estimate of drug-likeness (QED) is 0.543. The second-order valence-electron chi connectivity index (χ2n) is 7.99. The van der Waals surface area contributed by atoms with Gasteiger partial charge in [-0.05, 0) is 43.0 Å². The van der Waals surface area contributed by atoms with Gasteiger partial charge in [0.2, 0.25) is 0 Å². The van der Waals surface area contributed by atoms with Crippen molar-refractivity contribution in [2.45, 2.75) is 32.4 Å². The molecule has 1 saturated heterocycles. The molecule has 0 aliphatic carbocycles. The van der Waals surface area contributed by atoms with Gasteiger partial charge in [0.05, 0.1) is 11.5 Å². The third-order valence-electron chi connectivity index (χ3n) is 5.82. The number of carbonyl (C=O) groups is 1. The molecule has 0 bridgehead atoms. The van der Waals surface area contributed by atoms with Gasteiger partial charge in [0.15, 0.2) is 0 Å². The molecule has 1 unspecified atom stereocenters. The Morgan fingerprint density at radius 1 is 1.19 bits per heavy atom. The summed E-state index contributed by atoms with van der Waals surface area (Å²) in [5, 5.41) is 3.41. The number of nitrogens with zero attached hydrogens (tertiary/aromatic N) is 3. The van der Waals surface area contributed by atoms with Crippen LogP contribution in [0.1, 0.15) is 34.5 Å². The van der Waals surface area contributed by atoms with Crippen LogP contribution in [0.4, 0.5) is 0 Å². The second kappa shape index (κ2) is 8.00. The van der Waals surface area contributed by atoms with Gasteiger partial charge in [0.1, 0.15) is 17.0 Å². The van der Waals surface area contributed by atoms with Crippen molar-refractivity contribution in [2.75, 3.05) is 13.2 Å². The van der Waals surface area contributed by atoms with E-state index in [9.17, 15) is 9.59 Å². The van der Waals surface area contributed by atoms with Crippen LogP contribution in [-0.4, -0.2) is 39.1 Å². The van der Waals surface area contributed by atoms with Crippen LogP contribution in [0, 0.1) is 6.92 Å². The van der Waals surface area contributed by atoms with Crippen molar-refractivity contribution in [3.8, 4) is 0 Å². The van der Waals surface area contributed by atoms with Crippen molar-refractivity contribution in [3.63, 3.8) is 0 Å². The molecule has 0 spiro atoms. The van der Waals surface area contributed by atoms with E-state index in [-0.39, 0.29) is 17.6 Å². The summed E-state index contributed by atoms with van der Waals surface area (Å²) in [6.45, 7) is 3.56. The highest BCUT2D eigenvalue weighted by molar-refractivity contribution is 5.98. The van der Waals surface area contributed by atoms with Gasteiger partial charge < -0.3 is 14.6 Å². The smallest absolute Gasteiger partial charge is 0.268 e. The molecule has 31 heavy (non-hydrogen) atoms. The van der Waals surface area contributed by atoms with Crippen LogP contribution >= 0.6 is 0 Å². The summed E-state index contributed by atoms with van der Waals surface area (Å²) < 4.78 is 9.00. The number of aromatic nitrogens is 3. The van der Waals surface area contributed by atoms with Crippen molar-refractivity contribution in [3.05, 3.63) is 81.9 Å². The molecule has 1 aliphatic rings. The molecule has 0 saturated carbocycles. The molecular weight excluding hydrogens is 392 g/mol. The predicted octanol–water partition coefficient (Wildman–Crippen LogP) is 2.91. The molecule has 1 fully saturated rings. The Hall–Kier alpha value is -3.45. The minimum Gasteiger partial charge on any atom is -0.376 e. The Bertz CT molecular complexity index is 1320. The van der Waals surface area contributed by atoms with E-state index in [1.807, 2.05) is 54.0 Å². The number of fused-ring (bicyclic) bond motifs is 2. The molecule has 3 aromatic heterocycles. The fourth-order valence-electron chi connectivity index (χ4n) is 4.18. The Morgan fingerprint density at radius 3 is 2.81 bits per heavy atom. The standard InChI is InChI=1S/C24H24N4O3/c1-16-7-5-11-27-21(16)26-22-19(24(27)30)13-20(23(29)25-14-18-10-6-12-31-18)28(22)15-17-8-3-2-4-9-17/h2-5,7-9,11,13,18H,6,10,12,14-15H2,1H3,(H,25,29). The maximum Gasteiger partial charge on any atom is 0.268 e. The summed E-state index contributed by atoms with van der Waals surface area (Å²) in [5.74, 6) is -0.227. The number of aryl methyl sites for hydroxylation is 1. The lowest BCUT2D eigenvalue weighted by Gasteiger charge is -2.13. The first-order valence-corrected chi connectivity index (χ1v) is 10.6. The van der Waals surface area contributed by atoms with Crippen molar-refractivity contribution in [1.82, 2.24) is 19.3 Å². The molecule has 1 aromatic carbocycles. The zero-order chi connectivity index (χ0) is 21.4. The van der Waals surface area contributed by atoms with Gasteiger partial charge in [-0.25, -0.2) is 4.98 Å². The molecule has 7 nitrogen and oxygen atoms in total. The fourth-order valence-corrected chi connectivity index (χ4v) is 4.18. The lowest BCUT2D eigenvalue weighted by atomic mass is 10.2. The number of amides is 1. The Balaban J connectivity index is 1.63. The van der Waals surface area contributed by atoms with Crippen LogP contribution < -0.4 is 10.9 Å². The zero-order valence-corrected chi connectivity index (χ0v) is 17.4. The van der Waals surface area contributed by atoms with Gasteiger partial charge in [-0.15, -0.1) is 0 Å². The molecule has 1 atom stereocenters. The SMILES string of the molecule is Cc1cccn2c(=O)c3cc(C(=O)NCC4CCCO4)n(Cc4ccccc4)c3nc12. The van der Waals surface area contributed by atoms with E-state index in [0.29, 0.717) is 35.5 Å². The third-order valence-corrected chi connectivity index (χ3v) is 5.82. The van der Waals surface area contributed by atoms with E-state index >= 15 is 0 Å². The summed E-state index contributed by atoms with van der Waals surface area (Å²) in [5.41, 5.74) is 3.29. The van der Waals surface area contributed by atoms with Crippen LogP contribution in [0.15, 0.2) is 59.5 Å². The molecule has 4 aromatic rings. The van der Waals surface area contributed by atoms with E-state index in [0.717, 1.165) is 30.6 Å². The van der Waals surface area contributed by atoms with Gasteiger partial charge in [-0.1, -0.05) is 36.4 Å². The van der Waals surface area contributed by atoms with E-state index < -0.39 is 0 Å². The number of hydrogen-bond donors (Lipinski definition) is 1. The predicted molar refractivity (Wildman–Crippen MR) is 119 cm³/mol. The minimum absolute atomic E-state index is 0.0462. The average molecular weight is 416 g/mol. The number of pyridine rings is 1. The maximum absolute atomic E-state index is 13.2. The van der Waals surface area contributed by atoms with Gasteiger partial charge >= 0.3 is 0 Å². The number of benzene rings is 1. The van der Waals surface area contributed by atoms with Crippen molar-refractivity contribution in [2.24, 2.45) is 0 Å². The monoisotopic (exact) mass is 416 g/mol. The maximum atomic E-state index is 13.2. The number of carbonyl (C=O) groups excluding carboxylic acids is 1. The van der Waals surface area contributed by atoms with Crippen LogP contribution in [0.3, 0.4) is 0 Å². The largest absolute Gasteiger partial charge is 0.376 e. The average Bonchev–Trinajstić information content (AvgIpc) is 3.43. The number of ether oxygens (including phenoxy) is 1.